The molecule has 1 heterocycles. The van der Waals surface area contributed by atoms with Crippen LogP contribution in [0.25, 0.3) is 0 Å². The smallest absolute Gasteiger partial charge is 0.273 e. The van der Waals surface area contributed by atoms with E-state index in [-0.39, 0.29) is 11.9 Å². The molecule has 0 aliphatic carbocycles. The number of carbonyl (C=O) groups is 1. The van der Waals surface area contributed by atoms with Gasteiger partial charge in [0.25, 0.3) is 5.91 Å². The predicted octanol–water partition coefficient (Wildman–Crippen LogP) is 3.42. The minimum absolute atomic E-state index is 0.177. The molecule has 5 nitrogen and oxygen atoms in total. The highest BCUT2D eigenvalue weighted by Gasteiger charge is 2.17. The van der Waals surface area contributed by atoms with Crippen LogP contribution in [0, 0.1) is 5.92 Å². The number of carbonyl (C=O) groups excluding carboxylic acids is 1. The molecule has 1 aromatic heterocycles. The molecule has 3 N–H and O–H groups in total. The second-order valence-electron chi connectivity index (χ2n) is 5.59. The summed E-state index contributed by atoms with van der Waals surface area (Å²) in [4.78, 5) is 16.2. The molecule has 0 aromatic carbocycles. The molecule has 0 fully saturated rings. The molecule has 0 aliphatic rings. The quantitative estimate of drug-likeness (QED) is 0.693. The van der Waals surface area contributed by atoms with Gasteiger partial charge in [0, 0.05) is 6.54 Å². The summed E-state index contributed by atoms with van der Waals surface area (Å²) in [7, 11) is 0. The molecule has 1 rings (SSSR count). The summed E-state index contributed by atoms with van der Waals surface area (Å²) in [5, 5.41) is 2.94. The van der Waals surface area contributed by atoms with Gasteiger partial charge in [-0.2, -0.15) is 0 Å². The van der Waals surface area contributed by atoms with Crippen LogP contribution in [-0.4, -0.2) is 17.4 Å². The van der Waals surface area contributed by atoms with Gasteiger partial charge in [0.2, 0.25) is 5.89 Å². The Hall–Kier alpha value is -1.36. The number of hydrogen-bond donors (Lipinski definition) is 2. The predicted molar refractivity (Wildman–Crippen MR) is 84.0 cm³/mol. The standard InChI is InChI=1S/C16H29N3O2/c1-4-7-9-12(6-3)10-18-15(20)14-11-21-16(19-14)13(17)8-5-2/h11-13H,4-10,17H2,1-3H3,(H,18,20). The zero-order valence-corrected chi connectivity index (χ0v) is 13.5. The molecule has 1 aromatic rings. The van der Waals surface area contributed by atoms with Crippen LogP contribution in [0.3, 0.4) is 0 Å². The summed E-state index contributed by atoms with van der Waals surface area (Å²) < 4.78 is 5.30. The highest BCUT2D eigenvalue weighted by molar-refractivity contribution is 5.91. The van der Waals surface area contributed by atoms with E-state index in [1.807, 2.05) is 0 Å². The lowest BCUT2D eigenvalue weighted by atomic mass is 9.99. The van der Waals surface area contributed by atoms with Gasteiger partial charge in [-0.3, -0.25) is 4.79 Å². The Morgan fingerprint density at radius 2 is 2.10 bits per heavy atom. The number of hydrogen-bond acceptors (Lipinski definition) is 4. The monoisotopic (exact) mass is 295 g/mol. The number of rotatable bonds is 10. The number of nitrogens with two attached hydrogens (primary N) is 1. The van der Waals surface area contributed by atoms with E-state index in [0.29, 0.717) is 24.0 Å². The van der Waals surface area contributed by atoms with Gasteiger partial charge in [0.05, 0.1) is 6.04 Å². The molecule has 5 heteroatoms. The molecule has 1 amide bonds. The normalized spacial score (nSPS) is 13.9. The van der Waals surface area contributed by atoms with Crippen LogP contribution in [0.4, 0.5) is 0 Å². The number of oxazole rings is 1. The van der Waals surface area contributed by atoms with Gasteiger partial charge in [-0.25, -0.2) is 4.98 Å². The third-order valence-corrected chi connectivity index (χ3v) is 3.77. The van der Waals surface area contributed by atoms with E-state index in [0.717, 1.165) is 25.7 Å². The van der Waals surface area contributed by atoms with Crippen LogP contribution in [0.2, 0.25) is 0 Å². The Balaban J connectivity index is 2.48. The molecule has 0 spiro atoms. The number of unbranched alkanes of at least 4 members (excludes halogenated alkanes) is 1. The van der Waals surface area contributed by atoms with Gasteiger partial charge in [-0.05, 0) is 18.8 Å². The zero-order valence-electron chi connectivity index (χ0n) is 13.5. The molecule has 2 unspecified atom stereocenters. The number of aromatic nitrogens is 1. The average Bonchev–Trinajstić information content (AvgIpc) is 2.97. The first-order valence-electron chi connectivity index (χ1n) is 8.11. The van der Waals surface area contributed by atoms with Crippen LogP contribution < -0.4 is 11.1 Å². The summed E-state index contributed by atoms with van der Waals surface area (Å²) in [5.74, 6) is 0.797. The Bertz CT molecular complexity index is 417. The maximum Gasteiger partial charge on any atom is 0.273 e. The topological polar surface area (TPSA) is 81.2 Å². The summed E-state index contributed by atoms with van der Waals surface area (Å²) in [6.07, 6.45) is 7.77. The van der Waals surface area contributed by atoms with Crippen LogP contribution in [0.5, 0.6) is 0 Å². The molecule has 0 aliphatic heterocycles. The fraction of sp³-hybridized carbons (Fsp3) is 0.750. The van der Waals surface area contributed by atoms with Crippen molar-refractivity contribution in [3.63, 3.8) is 0 Å². The first kappa shape index (κ1) is 17.7. The summed E-state index contributed by atoms with van der Waals surface area (Å²) in [6, 6.07) is -0.232. The van der Waals surface area contributed by atoms with Crippen LogP contribution in [0.1, 0.15) is 81.7 Å². The second kappa shape index (κ2) is 9.55. The van der Waals surface area contributed by atoms with Gasteiger partial charge in [0.15, 0.2) is 5.69 Å². The fourth-order valence-corrected chi connectivity index (χ4v) is 2.27. The van der Waals surface area contributed by atoms with E-state index in [9.17, 15) is 4.79 Å². The first-order valence-corrected chi connectivity index (χ1v) is 8.11. The molecule has 0 saturated heterocycles. The highest BCUT2D eigenvalue weighted by atomic mass is 16.3. The maximum absolute atomic E-state index is 12.1. The Labute approximate surface area is 127 Å². The Kier molecular flexibility index (Phi) is 8.05. The van der Waals surface area contributed by atoms with Crippen LogP contribution >= 0.6 is 0 Å². The molecule has 0 bridgehead atoms. The molecule has 21 heavy (non-hydrogen) atoms. The van der Waals surface area contributed by atoms with Crippen molar-refractivity contribution < 1.29 is 9.21 Å². The van der Waals surface area contributed by atoms with Crippen molar-refractivity contribution in [2.75, 3.05) is 6.54 Å². The van der Waals surface area contributed by atoms with Crippen molar-refractivity contribution in [2.45, 2.75) is 65.3 Å². The van der Waals surface area contributed by atoms with Gasteiger partial charge in [-0.15, -0.1) is 0 Å². The minimum Gasteiger partial charge on any atom is -0.446 e. The van der Waals surface area contributed by atoms with Crippen molar-refractivity contribution in [1.29, 1.82) is 0 Å². The van der Waals surface area contributed by atoms with Crippen molar-refractivity contribution in [3.8, 4) is 0 Å². The Morgan fingerprint density at radius 1 is 1.33 bits per heavy atom. The van der Waals surface area contributed by atoms with E-state index >= 15 is 0 Å². The van der Waals surface area contributed by atoms with E-state index in [1.54, 1.807) is 0 Å². The highest BCUT2D eigenvalue weighted by Crippen LogP contribution is 2.15. The third kappa shape index (κ3) is 5.87. The van der Waals surface area contributed by atoms with E-state index in [2.05, 4.69) is 31.1 Å². The van der Waals surface area contributed by atoms with Crippen LogP contribution in [-0.2, 0) is 0 Å². The van der Waals surface area contributed by atoms with Crippen molar-refractivity contribution in [2.24, 2.45) is 11.7 Å². The summed E-state index contributed by atoms with van der Waals surface area (Å²) in [6.45, 7) is 7.09. The van der Waals surface area contributed by atoms with Crippen molar-refractivity contribution >= 4 is 5.91 Å². The van der Waals surface area contributed by atoms with E-state index < -0.39 is 0 Å². The Morgan fingerprint density at radius 3 is 2.71 bits per heavy atom. The van der Waals surface area contributed by atoms with Gasteiger partial charge in [-0.1, -0.05) is 46.5 Å². The molecular weight excluding hydrogens is 266 g/mol. The first-order chi connectivity index (χ1) is 10.1. The van der Waals surface area contributed by atoms with Crippen molar-refractivity contribution in [1.82, 2.24) is 10.3 Å². The van der Waals surface area contributed by atoms with Gasteiger partial charge in [0.1, 0.15) is 6.26 Å². The number of nitrogens with one attached hydrogen (secondary N) is 1. The van der Waals surface area contributed by atoms with Crippen LogP contribution in [0.15, 0.2) is 10.7 Å². The van der Waals surface area contributed by atoms with Gasteiger partial charge < -0.3 is 15.5 Å². The van der Waals surface area contributed by atoms with Crippen molar-refractivity contribution in [3.05, 3.63) is 17.8 Å². The number of nitrogens with zero attached hydrogens (tertiary/aromatic N) is 1. The molecular formula is C16H29N3O2. The lowest BCUT2D eigenvalue weighted by molar-refractivity contribution is 0.0940. The molecule has 2 atom stereocenters. The maximum atomic E-state index is 12.1. The van der Waals surface area contributed by atoms with E-state index in [4.69, 9.17) is 10.2 Å². The second-order valence-corrected chi connectivity index (χ2v) is 5.59. The van der Waals surface area contributed by atoms with E-state index in [1.165, 1.54) is 19.1 Å². The largest absolute Gasteiger partial charge is 0.446 e. The minimum atomic E-state index is -0.232. The molecule has 120 valence electrons. The van der Waals surface area contributed by atoms with Gasteiger partial charge >= 0.3 is 0 Å². The molecule has 0 saturated carbocycles. The third-order valence-electron chi connectivity index (χ3n) is 3.77. The summed E-state index contributed by atoms with van der Waals surface area (Å²) >= 11 is 0. The summed E-state index contributed by atoms with van der Waals surface area (Å²) in [5.41, 5.74) is 6.25. The average molecular weight is 295 g/mol. The number of amides is 1. The SMILES string of the molecule is CCCCC(CC)CNC(=O)c1coc(C(N)CCC)n1. The lowest BCUT2D eigenvalue weighted by Crippen LogP contribution is -2.29. The molecule has 0 radical (unpaired) electrons. The zero-order chi connectivity index (χ0) is 15.7. The lowest BCUT2D eigenvalue weighted by Gasteiger charge is -2.14. The fourth-order valence-electron chi connectivity index (χ4n) is 2.27.